The Bertz CT molecular complexity index is 515. The highest BCUT2D eigenvalue weighted by atomic mass is 79.9. The summed E-state index contributed by atoms with van der Waals surface area (Å²) in [5.41, 5.74) is 4.39. The van der Waals surface area contributed by atoms with Gasteiger partial charge < -0.3 is 10.1 Å². The topological polar surface area (TPSA) is 36.0 Å². The first kappa shape index (κ1) is 11.9. The summed E-state index contributed by atoms with van der Waals surface area (Å²) in [7, 11) is 0. The molecule has 86 valence electrons. The first-order valence-corrected chi connectivity index (χ1v) is 6.76. The predicted octanol–water partition coefficient (Wildman–Crippen LogP) is 3.85. The highest BCUT2D eigenvalue weighted by Crippen LogP contribution is 2.34. The van der Waals surface area contributed by atoms with Crippen molar-refractivity contribution in [2.45, 2.75) is 26.9 Å². The fourth-order valence-electron chi connectivity index (χ4n) is 1.78. The van der Waals surface area contributed by atoms with Crippen molar-refractivity contribution in [1.29, 1.82) is 0 Å². The predicted molar refractivity (Wildman–Crippen MR) is 71.1 cm³/mol. The van der Waals surface area contributed by atoms with Crippen LogP contribution in [0.3, 0.4) is 0 Å². The van der Waals surface area contributed by atoms with Gasteiger partial charge in [0.05, 0.1) is 10.6 Å². The molecule has 2 aromatic heterocycles. The average Bonchev–Trinajstić information content (AvgIpc) is 2.77. The molecule has 0 spiro atoms. The Kier molecular flexibility index (Phi) is 3.24. The van der Waals surface area contributed by atoms with E-state index in [1.54, 1.807) is 11.3 Å². The average molecular weight is 300 g/mol. The van der Waals surface area contributed by atoms with E-state index in [4.69, 9.17) is 0 Å². The van der Waals surface area contributed by atoms with E-state index in [0.29, 0.717) is 0 Å². The lowest BCUT2D eigenvalue weighted by atomic mass is 10.1. The molecular formula is C12H14BrNOS. The van der Waals surface area contributed by atoms with Gasteiger partial charge in [-0.3, -0.25) is 0 Å². The molecule has 2 N–H and O–H groups in total. The molecule has 0 aliphatic carbocycles. The van der Waals surface area contributed by atoms with Crippen LogP contribution >= 0.6 is 27.3 Å². The number of nitrogens with one attached hydrogen (secondary N) is 1. The molecular weight excluding hydrogens is 286 g/mol. The van der Waals surface area contributed by atoms with Crippen LogP contribution in [0.2, 0.25) is 0 Å². The molecule has 0 saturated carbocycles. The van der Waals surface area contributed by atoms with E-state index in [1.807, 2.05) is 25.3 Å². The van der Waals surface area contributed by atoms with Gasteiger partial charge in [-0.1, -0.05) is 0 Å². The molecule has 1 atom stereocenters. The van der Waals surface area contributed by atoms with Gasteiger partial charge in [0.2, 0.25) is 0 Å². The maximum atomic E-state index is 10.3. The van der Waals surface area contributed by atoms with Gasteiger partial charge in [0.25, 0.3) is 0 Å². The number of aromatic amines is 1. The fourth-order valence-corrected chi connectivity index (χ4v) is 3.36. The second-order valence-corrected chi connectivity index (χ2v) is 5.75. The molecule has 0 saturated heterocycles. The van der Waals surface area contributed by atoms with Crippen molar-refractivity contribution < 1.29 is 5.11 Å². The molecule has 4 heteroatoms. The molecule has 2 nitrogen and oxygen atoms in total. The molecule has 0 radical (unpaired) electrons. The Hall–Kier alpha value is -0.580. The van der Waals surface area contributed by atoms with Crippen molar-refractivity contribution in [2.75, 3.05) is 0 Å². The van der Waals surface area contributed by atoms with Crippen molar-refractivity contribution in [3.05, 3.63) is 43.3 Å². The van der Waals surface area contributed by atoms with Gasteiger partial charge in [-0.2, -0.15) is 0 Å². The largest absolute Gasteiger partial charge is 0.381 e. The number of aryl methyl sites for hydroxylation is 1. The zero-order chi connectivity index (χ0) is 11.9. The molecule has 16 heavy (non-hydrogen) atoms. The number of H-pyrrole nitrogens is 1. The first-order valence-electron chi connectivity index (χ1n) is 5.09. The maximum Gasteiger partial charge on any atom is 0.129 e. The number of aromatic nitrogens is 1. The van der Waals surface area contributed by atoms with Crippen molar-refractivity contribution in [1.82, 2.24) is 4.98 Å². The minimum Gasteiger partial charge on any atom is -0.381 e. The highest BCUT2D eigenvalue weighted by Gasteiger charge is 2.20. The normalized spacial score (nSPS) is 13.1. The Morgan fingerprint density at radius 3 is 2.44 bits per heavy atom. The van der Waals surface area contributed by atoms with E-state index >= 15 is 0 Å². The number of hydrogen-bond donors (Lipinski definition) is 2. The molecule has 0 fully saturated rings. The van der Waals surface area contributed by atoms with E-state index < -0.39 is 6.10 Å². The fraction of sp³-hybridized carbons (Fsp3) is 0.333. The summed E-state index contributed by atoms with van der Waals surface area (Å²) >= 11 is 5.01. The van der Waals surface area contributed by atoms with Gasteiger partial charge in [0.15, 0.2) is 0 Å². The second-order valence-electron chi connectivity index (χ2n) is 3.95. The number of rotatable bonds is 2. The minimum atomic E-state index is -0.568. The Balaban J connectivity index is 2.45. The third-order valence-electron chi connectivity index (χ3n) is 3.02. The van der Waals surface area contributed by atoms with Crippen molar-refractivity contribution in [3.63, 3.8) is 0 Å². The van der Waals surface area contributed by atoms with Crippen LogP contribution in [-0.2, 0) is 0 Å². The maximum absolute atomic E-state index is 10.3. The summed E-state index contributed by atoms with van der Waals surface area (Å²) in [4.78, 5) is 4.21. The molecule has 0 amide bonds. The minimum absolute atomic E-state index is 0.568. The molecule has 0 bridgehead atoms. The number of hydrogen-bond acceptors (Lipinski definition) is 2. The van der Waals surface area contributed by atoms with Gasteiger partial charge in [0.1, 0.15) is 6.10 Å². The highest BCUT2D eigenvalue weighted by molar-refractivity contribution is 9.10. The quantitative estimate of drug-likeness (QED) is 0.868. The summed E-state index contributed by atoms with van der Waals surface area (Å²) in [6, 6.07) is 1.96. The van der Waals surface area contributed by atoms with Crippen LogP contribution in [0.5, 0.6) is 0 Å². The molecule has 1 unspecified atom stereocenters. The van der Waals surface area contributed by atoms with Gasteiger partial charge in [-0.25, -0.2) is 0 Å². The first-order chi connectivity index (χ1) is 7.52. The second kappa shape index (κ2) is 4.35. The van der Waals surface area contributed by atoms with Crippen molar-refractivity contribution >= 4 is 27.3 Å². The Labute approximate surface area is 107 Å². The lowest BCUT2D eigenvalue weighted by Crippen LogP contribution is -2.00. The summed E-state index contributed by atoms with van der Waals surface area (Å²) in [6.07, 6.45) is -0.568. The summed E-state index contributed by atoms with van der Waals surface area (Å²) in [6.45, 7) is 6.14. The summed E-state index contributed by atoms with van der Waals surface area (Å²) in [5, 5.41) is 12.3. The van der Waals surface area contributed by atoms with E-state index in [1.165, 1.54) is 5.56 Å². The van der Waals surface area contributed by atoms with Gasteiger partial charge in [-0.05, 0) is 59.3 Å². The third-order valence-corrected chi connectivity index (χ3v) is 4.94. The van der Waals surface area contributed by atoms with Crippen LogP contribution < -0.4 is 0 Å². The number of aliphatic hydroxyl groups is 1. The molecule has 2 heterocycles. The van der Waals surface area contributed by atoms with Gasteiger partial charge >= 0.3 is 0 Å². The molecule has 0 aromatic carbocycles. The van der Waals surface area contributed by atoms with Crippen LogP contribution in [0.1, 0.15) is 33.5 Å². The number of aliphatic hydroxyl groups excluding tert-OH is 1. The monoisotopic (exact) mass is 299 g/mol. The van der Waals surface area contributed by atoms with Crippen LogP contribution in [0.25, 0.3) is 0 Å². The summed E-state index contributed by atoms with van der Waals surface area (Å²) in [5.74, 6) is 0. The van der Waals surface area contributed by atoms with Crippen LogP contribution in [0.15, 0.2) is 15.9 Å². The van der Waals surface area contributed by atoms with Crippen LogP contribution in [-0.4, -0.2) is 10.1 Å². The molecule has 0 aliphatic rings. The Morgan fingerprint density at radius 1 is 1.31 bits per heavy atom. The smallest absolute Gasteiger partial charge is 0.129 e. The zero-order valence-corrected chi connectivity index (χ0v) is 11.9. The molecule has 0 aliphatic heterocycles. The number of thiophene rings is 1. The van der Waals surface area contributed by atoms with Crippen LogP contribution in [0, 0.1) is 20.8 Å². The number of halogens is 1. The van der Waals surface area contributed by atoms with Crippen LogP contribution in [0.4, 0.5) is 0 Å². The molecule has 2 rings (SSSR count). The van der Waals surface area contributed by atoms with E-state index in [9.17, 15) is 5.11 Å². The molecule has 2 aromatic rings. The Morgan fingerprint density at radius 2 is 2.00 bits per heavy atom. The lowest BCUT2D eigenvalue weighted by molar-refractivity contribution is 0.218. The lowest BCUT2D eigenvalue weighted by Gasteiger charge is -2.09. The van der Waals surface area contributed by atoms with E-state index in [2.05, 4.69) is 27.8 Å². The van der Waals surface area contributed by atoms with Gasteiger partial charge in [-0.15, -0.1) is 11.3 Å². The van der Waals surface area contributed by atoms with Gasteiger partial charge in [0, 0.05) is 10.2 Å². The zero-order valence-electron chi connectivity index (χ0n) is 9.47. The van der Waals surface area contributed by atoms with E-state index in [0.717, 1.165) is 26.3 Å². The SMILES string of the molecule is Cc1[nH]c(C(O)c2sccc2Br)c(C)c1C. The van der Waals surface area contributed by atoms with E-state index in [-0.39, 0.29) is 0 Å². The van der Waals surface area contributed by atoms with Crippen molar-refractivity contribution in [2.24, 2.45) is 0 Å². The standard InChI is InChI=1S/C12H14BrNOS/c1-6-7(2)10(14-8(6)3)11(15)12-9(13)4-5-16-12/h4-5,11,14-15H,1-3H3. The van der Waals surface area contributed by atoms with Crippen molar-refractivity contribution in [3.8, 4) is 0 Å². The summed E-state index contributed by atoms with van der Waals surface area (Å²) < 4.78 is 0.967. The third kappa shape index (κ3) is 1.85.